The molecule has 0 aromatic heterocycles. The van der Waals surface area contributed by atoms with E-state index in [4.69, 9.17) is 0 Å². The summed E-state index contributed by atoms with van der Waals surface area (Å²) >= 11 is 0. The van der Waals surface area contributed by atoms with E-state index in [2.05, 4.69) is 38.1 Å². The largest absolute Gasteiger partial charge is 0.356 e. The number of halogens is 1. The van der Waals surface area contributed by atoms with Crippen molar-refractivity contribution < 1.29 is 4.79 Å². The lowest BCUT2D eigenvalue weighted by Gasteiger charge is -2.30. The number of rotatable bonds is 8. The van der Waals surface area contributed by atoms with Crippen LogP contribution >= 0.6 is 24.0 Å². The Morgan fingerprint density at radius 2 is 1.83 bits per heavy atom. The van der Waals surface area contributed by atoms with Crippen LogP contribution < -0.4 is 21.3 Å². The number of anilines is 1. The number of carbonyl (C=O) groups excluding carboxylic acids is 1. The summed E-state index contributed by atoms with van der Waals surface area (Å²) in [6.45, 7) is 11.4. The van der Waals surface area contributed by atoms with E-state index in [9.17, 15) is 4.79 Å². The number of aliphatic imine (C=N–C) groups is 1. The average Bonchev–Trinajstić information content (AvgIpc) is 2.69. The van der Waals surface area contributed by atoms with Gasteiger partial charge in [0.15, 0.2) is 5.96 Å². The molecule has 0 radical (unpaired) electrons. The maximum atomic E-state index is 11.7. The number of amides is 2. The van der Waals surface area contributed by atoms with Crippen LogP contribution in [0, 0.1) is 5.92 Å². The summed E-state index contributed by atoms with van der Waals surface area (Å²) in [6, 6.07) is 7.75. The summed E-state index contributed by atoms with van der Waals surface area (Å²) < 4.78 is 0. The summed E-state index contributed by atoms with van der Waals surface area (Å²) in [5.74, 6) is 1.70. The highest BCUT2D eigenvalue weighted by Gasteiger charge is 2.14. The summed E-state index contributed by atoms with van der Waals surface area (Å²) in [4.78, 5) is 18.6. The van der Waals surface area contributed by atoms with E-state index in [1.54, 1.807) is 7.05 Å². The number of benzene rings is 1. The van der Waals surface area contributed by atoms with E-state index < -0.39 is 0 Å². The zero-order chi connectivity index (χ0) is 21.1. The SMILES string of the molecule is CN=C(NCCCN1CCC(C)CC1)NCc1ccc(NC(=O)NC(C)C)cc1.I. The van der Waals surface area contributed by atoms with Gasteiger partial charge in [0.05, 0.1) is 0 Å². The number of piperidine rings is 1. The summed E-state index contributed by atoms with van der Waals surface area (Å²) in [6.07, 6.45) is 3.77. The van der Waals surface area contributed by atoms with Crippen molar-refractivity contribution in [1.29, 1.82) is 0 Å². The van der Waals surface area contributed by atoms with Crippen molar-refractivity contribution in [3.63, 3.8) is 0 Å². The topological polar surface area (TPSA) is 80.8 Å². The highest BCUT2D eigenvalue weighted by molar-refractivity contribution is 14.0. The molecule has 0 bridgehead atoms. The van der Waals surface area contributed by atoms with Crippen molar-refractivity contribution in [2.24, 2.45) is 10.9 Å². The number of guanidine groups is 1. The Labute approximate surface area is 198 Å². The second-order valence-electron chi connectivity index (χ2n) is 8.18. The Hall–Kier alpha value is -1.55. The number of hydrogen-bond donors (Lipinski definition) is 4. The number of nitrogens with zero attached hydrogens (tertiary/aromatic N) is 2. The quantitative estimate of drug-likeness (QED) is 0.179. The predicted molar refractivity (Wildman–Crippen MR) is 137 cm³/mol. The molecule has 0 saturated carbocycles. The van der Waals surface area contributed by atoms with Gasteiger partial charge in [-0.2, -0.15) is 0 Å². The number of urea groups is 1. The molecule has 1 fully saturated rings. The van der Waals surface area contributed by atoms with E-state index in [-0.39, 0.29) is 36.0 Å². The lowest BCUT2D eigenvalue weighted by Crippen LogP contribution is -2.39. The van der Waals surface area contributed by atoms with Gasteiger partial charge in [0, 0.05) is 31.9 Å². The average molecular weight is 530 g/mol. The first kappa shape index (κ1) is 26.5. The van der Waals surface area contributed by atoms with Gasteiger partial charge in [0.25, 0.3) is 0 Å². The molecule has 7 nitrogen and oxygen atoms in total. The Bertz CT molecular complexity index is 642. The van der Waals surface area contributed by atoms with E-state index in [0.29, 0.717) is 6.54 Å². The van der Waals surface area contributed by atoms with Crippen LogP contribution in [0.5, 0.6) is 0 Å². The van der Waals surface area contributed by atoms with Gasteiger partial charge in [-0.15, -0.1) is 24.0 Å². The van der Waals surface area contributed by atoms with Gasteiger partial charge >= 0.3 is 6.03 Å². The second-order valence-corrected chi connectivity index (χ2v) is 8.18. The molecular weight excluding hydrogens is 491 g/mol. The number of likely N-dealkylation sites (tertiary alicyclic amines) is 1. The Morgan fingerprint density at radius 1 is 1.17 bits per heavy atom. The third-order valence-corrected chi connectivity index (χ3v) is 5.13. The number of hydrogen-bond acceptors (Lipinski definition) is 3. The van der Waals surface area contributed by atoms with Gasteiger partial charge in [-0.25, -0.2) is 4.79 Å². The van der Waals surface area contributed by atoms with Crippen LogP contribution in [0.1, 0.15) is 45.6 Å². The maximum absolute atomic E-state index is 11.7. The number of nitrogens with one attached hydrogen (secondary N) is 4. The highest BCUT2D eigenvalue weighted by Crippen LogP contribution is 2.15. The minimum atomic E-state index is -0.186. The van der Waals surface area contributed by atoms with Crippen molar-refractivity contribution in [3.05, 3.63) is 29.8 Å². The normalized spacial score (nSPS) is 15.4. The minimum absolute atomic E-state index is 0. The molecule has 2 rings (SSSR count). The molecule has 1 heterocycles. The lowest BCUT2D eigenvalue weighted by molar-refractivity contribution is 0.191. The fourth-order valence-corrected chi connectivity index (χ4v) is 3.34. The number of carbonyl (C=O) groups is 1. The molecule has 0 atom stereocenters. The monoisotopic (exact) mass is 530 g/mol. The molecule has 1 aromatic carbocycles. The van der Waals surface area contributed by atoms with E-state index >= 15 is 0 Å². The third kappa shape index (κ3) is 10.5. The Morgan fingerprint density at radius 3 is 2.43 bits per heavy atom. The van der Waals surface area contributed by atoms with Crippen LogP contribution in [-0.4, -0.2) is 56.2 Å². The lowest BCUT2D eigenvalue weighted by atomic mass is 9.99. The van der Waals surface area contributed by atoms with Crippen LogP contribution in [0.15, 0.2) is 29.3 Å². The van der Waals surface area contributed by atoms with Crippen LogP contribution in [0.2, 0.25) is 0 Å². The van der Waals surface area contributed by atoms with Gasteiger partial charge in [0.1, 0.15) is 0 Å². The molecule has 8 heteroatoms. The predicted octanol–water partition coefficient (Wildman–Crippen LogP) is 3.62. The first-order chi connectivity index (χ1) is 14.0. The molecule has 1 saturated heterocycles. The van der Waals surface area contributed by atoms with E-state index in [0.717, 1.165) is 42.6 Å². The van der Waals surface area contributed by atoms with Crippen LogP contribution in [-0.2, 0) is 6.54 Å². The standard InChI is InChI=1S/C22H38N6O.HI/c1-17(2)26-22(29)27-20-8-6-19(7-9-20)16-25-21(23-4)24-12-5-13-28-14-10-18(3)11-15-28;/h6-9,17-18H,5,10-16H2,1-4H3,(H2,23,24,25)(H2,26,27,29);1H. The summed E-state index contributed by atoms with van der Waals surface area (Å²) in [5.41, 5.74) is 1.91. The molecule has 2 amide bonds. The van der Waals surface area contributed by atoms with Crippen LogP contribution in [0.3, 0.4) is 0 Å². The Balaban J connectivity index is 0.00000450. The zero-order valence-corrected chi connectivity index (χ0v) is 21.2. The van der Waals surface area contributed by atoms with Gasteiger partial charge in [-0.3, -0.25) is 4.99 Å². The van der Waals surface area contributed by atoms with E-state index in [1.807, 2.05) is 38.1 Å². The molecule has 30 heavy (non-hydrogen) atoms. The fourth-order valence-electron chi connectivity index (χ4n) is 3.34. The van der Waals surface area contributed by atoms with Gasteiger partial charge in [-0.05, 0) is 76.4 Å². The molecule has 0 spiro atoms. The smallest absolute Gasteiger partial charge is 0.319 e. The molecule has 0 aliphatic carbocycles. The molecule has 170 valence electrons. The molecule has 1 aromatic rings. The van der Waals surface area contributed by atoms with Crippen LogP contribution in [0.4, 0.5) is 10.5 Å². The van der Waals surface area contributed by atoms with Gasteiger partial charge in [0.2, 0.25) is 0 Å². The summed E-state index contributed by atoms with van der Waals surface area (Å²) in [7, 11) is 1.79. The fraction of sp³-hybridized carbons (Fsp3) is 0.636. The zero-order valence-electron chi connectivity index (χ0n) is 18.8. The molecule has 1 aliphatic heterocycles. The van der Waals surface area contributed by atoms with Gasteiger partial charge in [-0.1, -0.05) is 19.1 Å². The van der Waals surface area contributed by atoms with Crippen molar-refractivity contribution in [1.82, 2.24) is 20.9 Å². The summed E-state index contributed by atoms with van der Waals surface area (Å²) in [5, 5.41) is 12.4. The molecule has 0 unspecified atom stereocenters. The van der Waals surface area contributed by atoms with Crippen molar-refractivity contribution in [3.8, 4) is 0 Å². The van der Waals surface area contributed by atoms with Crippen molar-refractivity contribution in [2.45, 2.75) is 52.6 Å². The minimum Gasteiger partial charge on any atom is -0.356 e. The Kier molecular flexibility index (Phi) is 12.8. The van der Waals surface area contributed by atoms with Gasteiger partial charge < -0.3 is 26.2 Å². The molecular formula is C22H39IN6O. The first-order valence-electron chi connectivity index (χ1n) is 10.8. The van der Waals surface area contributed by atoms with Crippen molar-refractivity contribution >= 4 is 41.7 Å². The second kappa shape index (κ2) is 14.5. The third-order valence-electron chi connectivity index (χ3n) is 5.13. The highest BCUT2D eigenvalue weighted by atomic mass is 127. The molecule has 1 aliphatic rings. The first-order valence-corrected chi connectivity index (χ1v) is 10.8. The molecule has 4 N–H and O–H groups in total. The van der Waals surface area contributed by atoms with Crippen LogP contribution in [0.25, 0.3) is 0 Å². The van der Waals surface area contributed by atoms with E-state index in [1.165, 1.54) is 25.9 Å². The van der Waals surface area contributed by atoms with Crippen molar-refractivity contribution in [2.75, 3.05) is 38.5 Å². The maximum Gasteiger partial charge on any atom is 0.319 e.